The summed E-state index contributed by atoms with van der Waals surface area (Å²) in [4.78, 5) is 18.1. The number of halogens is 1. The van der Waals surface area contributed by atoms with Gasteiger partial charge >= 0.3 is 0 Å². The van der Waals surface area contributed by atoms with Gasteiger partial charge in [-0.2, -0.15) is 0 Å². The molecule has 0 aliphatic carbocycles. The molecule has 6 nitrogen and oxygen atoms in total. The van der Waals surface area contributed by atoms with Gasteiger partial charge in [0.05, 0.1) is 29.7 Å². The monoisotopic (exact) mass is 484 g/mol. The van der Waals surface area contributed by atoms with Crippen LogP contribution >= 0.6 is 15.9 Å². The lowest BCUT2D eigenvalue weighted by Gasteiger charge is -2.32. The van der Waals surface area contributed by atoms with Crippen molar-refractivity contribution >= 4 is 26.9 Å². The lowest BCUT2D eigenvalue weighted by atomic mass is 10.0. The van der Waals surface area contributed by atoms with Gasteiger partial charge in [-0.3, -0.25) is 14.6 Å². The fraction of sp³-hybridized carbons (Fsp3) is 0.375. The van der Waals surface area contributed by atoms with Crippen LogP contribution < -0.4 is 10.2 Å². The van der Waals surface area contributed by atoms with Gasteiger partial charge in [0.1, 0.15) is 23.8 Å². The summed E-state index contributed by atoms with van der Waals surface area (Å²) in [6.45, 7) is 8.53. The van der Waals surface area contributed by atoms with Crippen LogP contribution in [0.4, 0.5) is 0 Å². The second-order valence-electron chi connectivity index (χ2n) is 8.07. The minimum absolute atomic E-state index is 0.00527. The first-order valence-electron chi connectivity index (χ1n) is 10.6. The Bertz CT molecular complexity index is 1150. The Kier molecular flexibility index (Phi) is 5.84. The van der Waals surface area contributed by atoms with Crippen LogP contribution in [0.3, 0.4) is 0 Å². The van der Waals surface area contributed by atoms with E-state index in [1.165, 1.54) is 0 Å². The molecule has 3 heterocycles. The third-order valence-corrected chi connectivity index (χ3v) is 6.58. The molecule has 0 bridgehead atoms. The first-order chi connectivity index (χ1) is 15.1. The molecule has 1 saturated heterocycles. The summed E-state index contributed by atoms with van der Waals surface area (Å²) in [5.41, 5.74) is 3.05. The van der Waals surface area contributed by atoms with Crippen molar-refractivity contribution in [2.24, 2.45) is 0 Å². The Hall–Kier alpha value is -2.19. The molecule has 2 aliphatic rings. The molecule has 0 saturated carbocycles. The molecule has 0 unspecified atom stereocenters. The van der Waals surface area contributed by atoms with Crippen molar-refractivity contribution in [3.63, 3.8) is 0 Å². The fourth-order valence-electron chi connectivity index (χ4n) is 4.32. The lowest BCUT2D eigenvalue weighted by molar-refractivity contribution is 0.0241. The van der Waals surface area contributed by atoms with Crippen molar-refractivity contribution in [2.45, 2.75) is 13.5 Å². The van der Waals surface area contributed by atoms with E-state index in [2.05, 4.69) is 25.7 Å². The van der Waals surface area contributed by atoms with Gasteiger partial charge in [-0.05, 0) is 36.8 Å². The standard InChI is InChI=1S/C24H25BrN2O4/c1-16-22(17-2-4-18(25)5-3-17)23(28)19-6-7-21-20(24(19)31-16)14-27(15-30-21)9-8-26-10-12-29-13-11-26/h2-7H,8-15H2,1H3. The van der Waals surface area contributed by atoms with Gasteiger partial charge in [0.15, 0.2) is 0 Å². The molecule has 0 radical (unpaired) electrons. The van der Waals surface area contributed by atoms with Crippen LogP contribution in [-0.2, 0) is 11.3 Å². The normalized spacial score (nSPS) is 17.5. The van der Waals surface area contributed by atoms with Crippen molar-refractivity contribution in [3.8, 4) is 16.9 Å². The zero-order valence-corrected chi connectivity index (χ0v) is 19.1. The van der Waals surface area contributed by atoms with Crippen molar-refractivity contribution in [1.82, 2.24) is 9.80 Å². The topological polar surface area (TPSA) is 55.2 Å². The molecule has 2 aliphatic heterocycles. The molecule has 0 amide bonds. The maximum Gasteiger partial charge on any atom is 0.200 e. The second kappa shape index (κ2) is 8.74. The summed E-state index contributed by atoms with van der Waals surface area (Å²) in [6.07, 6.45) is 0. The van der Waals surface area contributed by atoms with Crippen LogP contribution in [0, 0.1) is 6.92 Å². The highest BCUT2D eigenvalue weighted by molar-refractivity contribution is 9.10. The molecular weight excluding hydrogens is 460 g/mol. The maximum absolute atomic E-state index is 13.4. The first kappa shape index (κ1) is 20.7. The molecule has 1 aromatic heterocycles. The number of hydrogen-bond donors (Lipinski definition) is 0. The van der Waals surface area contributed by atoms with Crippen LogP contribution in [0.1, 0.15) is 11.3 Å². The number of nitrogens with zero attached hydrogens (tertiary/aromatic N) is 2. The summed E-state index contributed by atoms with van der Waals surface area (Å²) in [7, 11) is 0. The van der Waals surface area contributed by atoms with Gasteiger partial charge < -0.3 is 13.9 Å². The van der Waals surface area contributed by atoms with E-state index in [9.17, 15) is 4.79 Å². The average Bonchev–Trinajstić information content (AvgIpc) is 2.79. The molecule has 7 heteroatoms. The number of ether oxygens (including phenoxy) is 2. The van der Waals surface area contributed by atoms with Crippen molar-refractivity contribution in [1.29, 1.82) is 0 Å². The fourth-order valence-corrected chi connectivity index (χ4v) is 4.59. The maximum atomic E-state index is 13.4. The van der Waals surface area contributed by atoms with Crippen LogP contribution in [0.25, 0.3) is 22.1 Å². The van der Waals surface area contributed by atoms with Gasteiger partial charge in [-0.25, -0.2) is 0 Å². The van der Waals surface area contributed by atoms with Crippen molar-refractivity contribution < 1.29 is 13.9 Å². The zero-order chi connectivity index (χ0) is 21.4. The Balaban J connectivity index is 1.46. The molecule has 5 rings (SSSR count). The van der Waals surface area contributed by atoms with Crippen LogP contribution in [0.2, 0.25) is 0 Å². The Labute approximate surface area is 189 Å². The SMILES string of the molecule is Cc1oc2c3c(ccc2c(=O)c1-c1ccc(Br)cc1)OCN(CCN1CCOCC1)C3. The zero-order valence-electron chi connectivity index (χ0n) is 17.5. The smallest absolute Gasteiger partial charge is 0.200 e. The van der Waals surface area contributed by atoms with Gasteiger partial charge in [-0.1, -0.05) is 28.1 Å². The predicted molar refractivity (Wildman–Crippen MR) is 124 cm³/mol. The third kappa shape index (κ3) is 4.15. The molecule has 3 aromatic rings. The summed E-state index contributed by atoms with van der Waals surface area (Å²) in [5.74, 6) is 1.42. The van der Waals surface area contributed by atoms with Crippen molar-refractivity contribution in [3.05, 3.63) is 62.4 Å². The molecular formula is C24H25BrN2O4. The first-order valence-corrected chi connectivity index (χ1v) is 11.4. The Morgan fingerprint density at radius 1 is 1.00 bits per heavy atom. The lowest BCUT2D eigenvalue weighted by Crippen LogP contribution is -2.43. The van der Waals surface area contributed by atoms with E-state index < -0.39 is 0 Å². The number of aryl methyl sites for hydroxylation is 1. The number of hydrogen-bond acceptors (Lipinski definition) is 6. The van der Waals surface area contributed by atoms with Gasteiger partial charge in [-0.15, -0.1) is 0 Å². The van der Waals surface area contributed by atoms with E-state index in [0.717, 1.165) is 60.7 Å². The largest absolute Gasteiger partial charge is 0.478 e. The van der Waals surface area contributed by atoms with E-state index in [0.29, 0.717) is 35.6 Å². The van der Waals surface area contributed by atoms with Crippen LogP contribution in [0.5, 0.6) is 5.75 Å². The molecule has 31 heavy (non-hydrogen) atoms. The second-order valence-corrected chi connectivity index (χ2v) is 8.98. The number of rotatable bonds is 4. The molecule has 1 fully saturated rings. The minimum atomic E-state index is -0.00527. The van der Waals surface area contributed by atoms with E-state index in [-0.39, 0.29) is 5.43 Å². The third-order valence-electron chi connectivity index (χ3n) is 6.05. The van der Waals surface area contributed by atoms with Gasteiger partial charge in [0.25, 0.3) is 0 Å². The number of fused-ring (bicyclic) bond motifs is 3. The van der Waals surface area contributed by atoms with Gasteiger partial charge in [0.2, 0.25) is 5.43 Å². The molecule has 2 aromatic carbocycles. The number of benzene rings is 2. The highest BCUT2D eigenvalue weighted by Crippen LogP contribution is 2.34. The van der Waals surface area contributed by atoms with E-state index in [1.54, 1.807) is 0 Å². The molecule has 0 atom stereocenters. The number of morpholine rings is 1. The molecule has 0 N–H and O–H groups in total. The van der Waals surface area contributed by atoms with Crippen LogP contribution in [0.15, 0.2) is 50.1 Å². The van der Waals surface area contributed by atoms with Crippen molar-refractivity contribution in [2.75, 3.05) is 46.1 Å². The summed E-state index contributed by atoms with van der Waals surface area (Å²) < 4.78 is 18.7. The van der Waals surface area contributed by atoms with E-state index >= 15 is 0 Å². The Morgan fingerprint density at radius 3 is 2.52 bits per heavy atom. The highest BCUT2D eigenvalue weighted by Gasteiger charge is 2.24. The highest BCUT2D eigenvalue weighted by atomic mass is 79.9. The quantitative estimate of drug-likeness (QED) is 0.557. The van der Waals surface area contributed by atoms with Crippen LogP contribution in [-0.4, -0.2) is 55.9 Å². The Morgan fingerprint density at radius 2 is 1.74 bits per heavy atom. The molecule has 162 valence electrons. The van der Waals surface area contributed by atoms with E-state index in [1.807, 2.05) is 43.3 Å². The predicted octanol–water partition coefficient (Wildman–Crippen LogP) is 4.02. The van der Waals surface area contributed by atoms with E-state index in [4.69, 9.17) is 13.9 Å². The summed E-state index contributed by atoms with van der Waals surface area (Å²) in [5, 5.41) is 0.598. The minimum Gasteiger partial charge on any atom is -0.478 e. The average molecular weight is 485 g/mol. The molecule has 0 spiro atoms. The summed E-state index contributed by atoms with van der Waals surface area (Å²) in [6, 6.07) is 11.5. The summed E-state index contributed by atoms with van der Waals surface area (Å²) >= 11 is 3.45. The van der Waals surface area contributed by atoms with Gasteiger partial charge in [0, 0.05) is 37.2 Å².